The van der Waals surface area contributed by atoms with E-state index in [4.69, 9.17) is 0 Å². The Morgan fingerprint density at radius 3 is 1.67 bits per heavy atom. The van der Waals surface area contributed by atoms with E-state index in [0.717, 1.165) is 8.96 Å². The van der Waals surface area contributed by atoms with Crippen molar-refractivity contribution in [2.75, 3.05) is 0 Å². The number of allylic oxidation sites excluding steroid dienone is 2. The summed E-state index contributed by atoms with van der Waals surface area (Å²) in [6.07, 6.45) is 0. The number of hydrogen-bond acceptors (Lipinski definition) is 0. The first-order valence-corrected chi connectivity index (χ1v) is 3.07. The summed E-state index contributed by atoms with van der Waals surface area (Å²) in [6, 6.07) is 0. The lowest BCUT2D eigenvalue weighted by Gasteiger charge is -1.82. The molecule has 0 amide bonds. The summed E-state index contributed by atoms with van der Waals surface area (Å²) in [6.45, 7) is 5.52. The Balaban J connectivity index is 3.68. The molecule has 0 aromatic carbocycles. The fraction of sp³-hybridized carbons (Fsp3) is 0.250. The lowest BCUT2D eigenvalue weighted by molar-refractivity contribution is 1.68. The maximum Gasteiger partial charge on any atom is 0.00524 e. The highest BCUT2D eigenvalue weighted by Gasteiger charge is 1.80. The number of hydrogen-bond donors (Lipinski definition) is 0. The SMILES string of the molecule is [CH2]C(Br)=C(C)Br. The van der Waals surface area contributed by atoms with Gasteiger partial charge in [0.05, 0.1) is 0 Å². The molecule has 0 atom stereocenters. The predicted octanol–water partition coefficient (Wildman–Crippen LogP) is 2.84. The molecule has 0 aliphatic heterocycles. The molecule has 2 heteroatoms. The Bertz CT molecular complexity index is 55.6. The molecule has 0 spiro atoms. The summed E-state index contributed by atoms with van der Waals surface area (Å²) in [5.41, 5.74) is 0. The Morgan fingerprint density at radius 2 is 1.67 bits per heavy atom. The molecule has 6 heavy (non-hydrogen) atoms. The molecule has 0 aromatic heterocycles. The molecule has 0 aliphatic rings. The second-order valence-electron chi connectivity index (χ2n) is 0.938. The summed E-state index contributed by atoms with van der Waals surface area (Å²) >= 11 is 6.37. The molecular weight excluding hydrogens is 208 g/mol. The average molecular weight is 213 g/mol. The van der Waals surface area contributed by atoms with Gasteiger partial charge in [-0.3, -0.25) is 0 Å². The summed E-state index contributed by atoms with van der Waals surface area (Å²) in [5, 5.41) is 0. The largest absolute Gasteiger partial charge is 0.0551 e. The Labute approximate surface area is 54.9 Å². The van der Waals surface area contributed by atoms with E-state index in [1.165, 1.54) is 0 Å². The maximum absolute atomic E-state index is 3.59. The van der Waals surface area contributed by atoms with Crippen molar-refractivity contribution in [2.45, 2.75) is 6.92 Å². The van der Waals surface area contributed by atoms with Crippen molar-refractivity contribution in [3.63, 3.8) is 0 Å². The van der Waals surface area contributed by atoms with Crippen LogP contribution in [0.2, 0.25) is 0 Å². The highest BCUT2D eigenvalue weighted by Crippen LogP contribution is 2.14. The van der Waals surface area contributed by atoms with Gasteiger partial charge in [0.1, 0.15) is 0 Å². The zero-order valence-electron chi connectivity index (χ0n) is 3.46. The van der Waals surface area contributed by atoms with E-state index in [-0.39, 0.29) is 0 Å². The molecule has 0 heterocycles. The number of rotatable bonds is 0. The van der Waals surface area contributed by atoms with E-state index >= 15 is 0 Å². The molecule has 0 unspecified atom stereocenters. The van der Waals surface area contributed by atoms with Crippen molar-refractivity contribution in [3.05, 3.63) is 15.9 Å². The van der Waals surface area contributed by atoms with Crippen molar-refractivity contribution in [1.82, 2.24) is 0 Å². The van der Waals surface area contributed by atoms with Gasteiger partial charge in [-0.15, -0.1) is 0 Å². The summed E-state index contributed by atoms with van der Waals surface area (Å²) < 4.78 is 1.95. The van der Waals surface area contributed by atoms with Crippen LogP contribution in [0.4, 0.5) is 0 Å². The Kier molecular flexibility index (Phi) is 3.13. The monoisotopic (exact) mass is 211 g/mol. The van der Waals surface area contributed by atoms with Gasteiger partial charge >= 0.3 is 0 Å². The maximum atomic E-state index is 3.59. The van der Waals surface area contributed by atoms with Crippen LogP contribution in [0.1, 0.15) is 6.92 Å². The molecule has 0 nitrogen and oxygen atoms in total. The topological polar surface area (TPSA) is 0 Å². The van der Waals surface area contributed by atoms with Gasteiger partial charge in [0.25, 0.3) is 0 Å². The van der Waals surface area contributed by atoms with Gasteiger partial charge < -0.3 is 0 Å². The normalized spacial score (nSPS) is 14.0. The fourth-order valence-corrected chi connectivity index (χ4v) is 0. The third kappa shape index (κ3) is 2.91. The highest BCUT2D eigenvalue weighted by atomic mass is 79.9. The first-order valence-electron chi connectivity index (χ1n) is 1.48. The molecule has 0 rings (SSSR count). The van der Waals surface area contributed by atoms with Gasteiger partial charge in [-0.05, 0) is 13.8 Å². The van der Waals surface area contributed by atoms with Crippen LogP contribution in [0, 0.1) is 6.92 Å². The molecule has 0 aromatic rings. The second-order valence-corrected chi connectivity index (χ2v) is 3.09. The van der Waals surface area contributed by atoms with Crippen LogP contribution in [-0.2, 0) is 0 Å². The van der Waals surface area contributed by atoms with Crippen molar-refractivity contribution >= 4 is 31.9 Å². The minimum atomic E-state index is 0.905. The molecule has 0 saturated heterocycles. The summed E-state index contributed by atoms with van der Waals surface area (Å²) in [7, 11) is 0. The summed E-state index contributed by atoms with van der Waals surface area (Å²) in [5.74, 6) is 0. The molecule has 0 fully saturated rings. The number of halogens is 2. The average Bonchev–Trinajstić information content (AvgIpc) is 1.36. The minimum Gasteiger partial charge on any atom is -0.0551 e. The van der Waals surface area contributed by atoms with Gasteiger partial charge in [-0.1, -0.05) is 31.9 Å². The molecule has 0 bridgehead atoms. The van der Waals surface area contributed by atoms with E-state index in [0.29, 0.717) is 0 Å². The van der Waals surface area contributed by atoms with Crippen LogP contribution in [0.25, 0.3) is 0 Å². The van der Waals surface area contributed by atoms with E-state index < -0.39 is 0 Å². The Hall–Kier alpha value is 0.700. The molecular formula is C4H5Br2. The van der Waals surface area contributed by atoms with Crippen LogP contribution in [0.5, 0.6) is 0 Å². The van der Waals surface area contributed by atoms with Crippen LogP contribution < -0.4 is 0 Å². The van der Waals surface area contributed by atoms with Gasteiger partial charge in [0.15, 0.2) is 0 Å². The summed E-state index contributed by atoms with van der Waals surface area (Å²) in [4.78, 5) is 0. The van der Waals surface area contributed by atoms with Crippen LogP contribution in [0.15, 0.2) is 8.96 Å². The first kappa shape index (κ1) is 6.70. The third-order valence-electron chi connectivity index (χ3n) is 0.374. The van der Waals surface area contributed by atoms with Gasteiger partial charge in [-0.2, -0.15) is 0 Å². The highest BCUT2D eigenvalue weighted by molar-refractivity contribution is 9.14. The lowest BCUT2D eigenvalue weighted by Crippen LogP contribution is -1.56. The van der Waals surface area contributed by atoms with Crippen molar-refractivity contribution in [3.8, 4) is 0 Å². The minimum absolute atomic E-state index is 0.905. The standard InChI is InChI=1S/C4H5Br2/c1-3(5)4(2)6/h1H2,2H3. The smallest absolute Gasteiger partial charge is 0.00524 e. The zero-order valence-corrected chi connectivity index (χ0v) is 6.64. The lowest BCUT2D eigenvalue weighted by atomic mass is 10.6. The first-order chi connectivity index (χ1) is 2.64. The molecule has 0 N–H and O–H groups in total. The molecule has 1 radical (unpaired) electrons. The molecule has 35 valence electrons. The quantitative estimate of drug-likeness (QED) is 0.580. The van der Waals surface area contributed by atoms with E-state index in [2.05, 4.69) is 38.8 Å². The fourth-order valence-electron chi connectivity index (χ4n) is 0. The predicted molar refractivity (Wildman–Crippen MR) is 35.9 cm³/mol. The van der Waals surface area contributed by atoms with Gasteiger partial charge in [0, 0.05) is 8.96 Å². The van der Waals surface area contributed by atoms with Gasteiger partial charge in [0.2, 0.25) is 0 Å². The molecule has 0 aliphatic carbocycles. The third-order valence-corrected chi connectivity index (χ3v) is 1.98. The van der Waals surface area contributed by atoms with E-state index in [1.807, 2.05) is 6.92 Å². The van der Waals surface area contributed by atoms with E-state index in [9.17, 15) is 0 Å². The van der Waals surface area contributed by atoms with Crippen LogP contribution in [-0.4, -0.2) is 0 Å². The van der Waals surface area contributed by atoms with Crippen LogP contribution in [0.3, 0.4) is 0 Å². The van der Waals surface area contributed by atoms with Gasteiger partial charge in [-0.25, -0.2) is 0 Å². The van der Waals surface area contributed by atoms with Crippen LogP contribution >= 0.6 is 31.9 Å². The molecule has 0 saturated carbocycles. The van der Waals surface area contributed by atoms with Crippen molar-refractivity contribution < 1.29 is 0 Å². The Morgan fingerprint density at radius 1 is 1.50 bits per heavy atom. The second kappa shape index (κ2) is 2.80. The van der Waals surface area contributed by atoms with E-state index in [1.54, 1.807) is 0 Å². The van der Waals surface area contributed by atoms with Crippen molar-refractivity contribution in [1.29, 1.82) is 0 Å². The van der Waals surface area contributed by atoms with Crippen molar-refractivity contribution in [2.24, 2.45) is 0 Å². The zero-order chi connectivity index (χ0) is 5.15.